The van der Waals surface area contributed by atoms with Gasteiger partial charge in [-0.2, -0.15) is 0 Å². The number of carbonyl (C=O) groups is 2. The van der Waals surface area contributed by atoms with Crippen LogP contribution in [0.3, 0.4) is 0 Å². The Labute approximate surface area is 187 Å². The number of piperazine rings is 1. The van der Waals surface area contributed by atoms with Crippen LogP contribution in [0.2, 0.25) is 5.02 Å². The fourth-order valence-corrected chi connectivity index (χ4v) is 3.54. The lowest BCUT2D eigenvalue weighted by Crippen LogP contribution is -2.47. The summed E-state index contributed by atoms with van der Waals surface area (Å²) in [4.78, 5) is 26.5. The Hall–Kier alpha value is -2.77. The van der Waals surface area contributed by atoms with E-state index >= 15 is 0 Å². The number of amides is 2. The molecule has 1 saturated heterocycles. The zero-order valence-corrected chi connectivity index (χ0v) is 18.8. The Kier molecular flexibility index (Phi) is 7.76. The molecule has 1 aliphatic rings. The van der Waals surface area contributed by atoms with Crippen LogP contribution in [0.25, 0.3) is 0 Å². The highest BCUT2D eigenvalue weighted by Crippen LogP contribution is 2.37. The van der Waals surface area contributed by atoms with Crippen LogP contribution < -0.4 is 20.1 Å². The van der Waals surface area contributed by atoms with Gasteiger partial charge in [-0.15, -0.1) is 0 Å². The number of anilines is 1. The topological polar surface area (TPSA) is 79.9 Å². The van der Waals surface area contributed by atoms with E-state index in [2.05, 4.69) is 15.5 Å². The third-order valence-electron chi connectivity index (χ3n) is 4.76. The second-order valence-electron chi connectivity index (χ2n) is 7.91. The minimum Gasteiger partial charge on any atom is -0.493 e. The number of ether oxygens (including phenoxy) is 2. The molecular formula is C23H28ClN3O4. The van der Waals surface area contributed by atoms with E-state index in [0.29, 0.717) is 59.9 Å². The number of rotatable bonds is 8. The van der Waals surface area contributed by atoms with E-state index in [9.17, 15) is 9.59 Å². The normalized spacial score (nSPS) is 14.3. The minimum atomic E-state index is -0.301. The third-order valence-corrected chi connectivity index (χ3v) is 5.04. The Bertz CT molecular complexity index is 948. The highest BCUT2D eigenvalue weighted by molar-refractivity contribution is 6.32. The van der Waals surface area contributed by atoms with Crippen LogP contribution in [-0.4, -0.2) is 50.1 Å². The molecule has 0 atom stereocenters. The van der Waals surface area contributed by atoms with Crippen molar-refractivity contribution in [1.82, 2.24) is 10.2 Å². The van der Waals surface area contributed by atoms with Crippen molar-refractivity contribution in [3.63, 3.8) is 0 Å². The molecule has 8 heteroatoms. The summed E-state index contributed by atoms with van der Waals surface area (Å²) in [6.07, 6.45) is 0. The SMILES string of the molecule is COc1cc(C(=O)Nc2cccc(CN3CCNC(=O)C3)c2)cc(Cl)c1OCC(C)C. The molecule has 31 heavy (non-hydrogen) atoms. The molecule has 1 fully saturated rings. The molecular weight excluding hydrogens is 418 g/mol. The van der Waals surface area contributed by atoms with Crippen LogP contribution in [0.4, 0.5) is 5.69 Å². The average Bonchev–Trinajstić information content (AvgIpc) is 2.72. The maximum atomic E-state index is 12.8. The predicted molar refractivity (Wildman–Crippen MR) is 121 cm³/mol. The first kappa shape index (κ1) is 22.9. The molecule has 7 nitrogen and oxygen atoms in total. The maximum absolute atomic E-state index is 12.8. The molecule has 2 aromatic carbocycles. The van der Waals surface area contributed by atoms with E-state index in [1.165, 1.54) is 7.11 Å². The van der Waals surface area contributed by atoms with Gasteiger partial charge in [0.25, 0.3) is 5.91 Å². The van der Waals surface area contributed by atoms with Crippen molar-refractivity contribution in [3.8, 4) is 11.5 Å². The second-order valence-corrected chi connectivity index (χ2v) is 8.32. The zero-order valence-electron chi connectivity index (χ0n) is 18.0. The Morgan fingerprint density at radius 1 is 1.29 bits per heavy atom. The molecule has 0 aromatic heterocycles. The standard InChI is InChI=1S/C23H28ClN3O4/c1-15(2)14-31-22-19(24)10-17(11-20(22)30-3)23(29)26-18-6-4-5-16(9-18)12-27-8-7-25-21(28)13-27/h4-6,9-11,15H,7-8,12-14H2,1-3H3,(H,25,28)(H,26,29). The quantitative estimate of drug-likeness (QED) is 0.649. The molecule has 2 amide bonds. The van der Waals surface area contributed by atoms with Gasteiger partial charge in [-0.25, -0.2) is 0 Å². The summed E-state index contributed by atoms with van der Waals surface area (Å²) in [7, 11) is 1.51. The van der Waals surface area contributed by atoms with E-state index in [-0.39, 0.29) is 11.8 Å². The molecule has 2 N–H and O–H groups in total. The van der Waals surface area contributed by atoms with Crippen LogP contribution in [0, 0.1) is 5.92 Å². The number of benzene rings is 2. The Morgan fingerprint density at radius 2 is 2.10 bits per heavy atom. The van der Waals surface area contributed by atoms with Gasteiger partial charge in [0.1, 0.15) is 0 Å². The zero-order chi connectivity index (χ0) is 22.4. The van der Waals surface area contributed by atoms with Gasteiger partial charge >= 0.3 is 0 Å². The first-order valence-electron chi connectivity index (χ1n) is 10.3. The van der Waals surface area contributed by atoms with Gasteiger partial charge < -0.3 is 20.1 Å². The highest BCUT2D eigenvalue weighted by Gasteiger charge is 2.18. The molecule has 1 heterocycles. The highest BCUT2D eigenvalue weighted by atomic mass is 35.5. The fourth-order valence-electron chi connectivity index (χ4n) is 3.28. The van der Waals surface area contributed by atoms with Crippen molar-refractivity contribution in [2.45, 2.75) is 20.4 Å². The molecule has 0 bridgehead atoms. The molecule has 0 radical (unpaired) electrons. The number of nitrogens with one attached hydrogen (secondary N) is 2. The Morgan fingerprint density at radius 3 is 2.81 bits per heavy atom. The summed E-state index contributed by atoms with van der Waals surface area (Å²) in [6, 6.07) is 10.8. The number of nitrogens with zero attached hydrogens (tertiary/aromatic N) is 1. The van der Waals surface area contributed by atoms with Crippen LogP contribution >= 0.6 is 11.6 Å². The molecule has 2 aromatic rings. The summed E-state index contributed by atoms with van der Waals surface area (Å²) in [5, 5.41) is 6.04. The number of halogens is 1. The van der Waals surface area contributed by atoms with Crippen molar-refractivity contribution in [2.24, 2.45) is 5.92 Å². The molecule has 1 aliphatic heterocycles. The van der Waals surface area contributed by atoms with Gasteiger partial charge in [0, 0.05) is 30.9 Å². The average molecular weight is 446 g/mol. The van der Waals surface area contributed by atoms with Crippen LogP contribution in [0.5, 0.6) is 11.5 Å². The van der Waals surface area contributed by atoms with Crippen molar-refractivity contribution >= 4 is 29.1 Å². The van der Waals surface area contributed by atoms with Gasteiger partial charge in [0.05, 0.1) is 25.3 Å². The first-order chi connectivity index (χ1) is 14.9. The smallest absolute Gasteiger partial charge is 0.255 e. The Balaban J connectivity index is 1.71. The van der Waals surface area contributed by atoms with Crippen molar-refractivity contribution in [2.75, 3.05) is 38.7 Å². The number of methoxy groups -OCH3 is 1. The molecule has 0 aliphatic carbocycles. The van der Waals surface area contributed by atoms with E-state index in [4.69, 9.17) is 21.1 Å². The van der Waals surface area contributed by atoms with Gasteiger partial charge in [-0.3, -0.25) is 14.5 Å². The lowest BCUT2D eigenvalue weighted by Gasteiger charge is -2.26. The molecule has 0 unspecified atom stereocenters. The van der Waals surface area contributed by atoms with Gasteiger partial charge in [0.2, 0.25) is 5.91 Å². The molecule has 0 saturated carbocycles. The van der Waals surface area contributed by atoms with E-state index in [0.717, 1.165) is 12.1 Å². The van der Waals surface area contributed by atoms with Crippen molar-refractivity contribution in [1.29, 1.82) is 0 Å². The van der Waals surface area contributed by atoms with E-state index in [1.54, 1.807) is 12.1 Å². The number of hydrogen-bond acceptors (Lipinski definition) is 5. The molecule has 0 spiro atoms. The van der Waals surface area contributed by atoms with E-state index < -0.39 is 0 Å². The summed E-state index contributed by atoms with van der Waals surface area (Å²) in [5.74, 6) is 0.903. The van der Waals surface area contributed by atoms with Gasteiger partial charge in [0.15, 0.2) is 11.5 Å². The van der Waals surface area contributed by atoms with Gasteiger partial charge in [-0.05, 0) is 35.7 Å². The van der Waals surface area contributed by atoms with Gasteiger partial charge in [-0.1, -0.05) is 37.6 Å². The lowest BCUT2D eigenvalue weighted by atomic mass is 10.1. The summed E-state index contributed by atoms with van der Waals surface area (Å²) in [6.45, 7) is 7.03. The monoisotopic (exact) mass is 445 g/mol. The number of carbonyl (C=O) groups excluding carboxylic acids is 2. The predicted octanol–water partition coefficient (Wildman–Crippen LogP) is 3.57. The van der Waals surface area contributed by atoms with Crippen LogP contribution in [0.15, 0.2) is 36.4 Å². The molecule has 166 valence electrons. The molecule has 3 rings (SSSR count). The van der Waals surface area contributed by atoms with Crippen molar-refractivity contribution < 1.29 is 19.1 Å². The number of hydrogen-bond donors (Lipinski definition) is 2. The fraction of sp³-hybridized carbons (Fsp3) is 0.391. The maximum Gasteiger partial charge on any atom is 0.255 e. The van der Waals surface area contributed by atoms with E-state index in [1.807, 2.05) is 38.1 Å². The summed E-state index contributed by atoms with van der Waals surface area (Å²) >= 11 is 6.37. The van der Waals surface area contributed by atoms with Crippen molar-refractivity contribution in [3.05, 3.63) is 52.5 Å². The summed E-state index contributed by atoms with van der Waals surface area (Å²) < 4.78 is 11.1. The van der Waals surface area contributed by atoms with Crippen LogP contribution in [-0.2, 0) is 11.3 Å². The first-order valence-corrected chi connectivity index (χ1v) is 10.6. The lowest BCUT2D eigenvalue weighted by molar-refractivity contribution is -0.124. The third kappa shape index (κ3) is 6.35. The second kappa shape index (κ2) is 10.5. The van der Waals surface area contributed by atoms with Crippen LogP contribution in [0.1, 0.15) is 29.8 Å². The largest absolute Gasteiger partial charge is 0.493 e. The minimum absolute atomic E-state index is 0.0300. The summed E-state index contributed by atoms with van der Waals surface area (Å²) in [5.41, 5.74) is 2.05.